The van der Waals surface area contributed by atoms with Crippen LogP contribution in [-0.4, -0.2) is 42.2 Å². The molecule has 3 aromatic rings. The first-order valence-corrected chi connectivity index (χ1v) is 10.6. The third kappa shape index (κ3) is 4.12. The Bertz CT molecular complexity index is 846. The molecule has 0 radical (unpaired) electrons. The SMILES string of the molecule is CSc1ccc(CN2CCN(Cc3cccc4ccccc34)CC2)cc1. The summed E-state index contributed by atoms with van der Waals surface area (Å²) in [6, 6.07) is 24.4. The molecular formula is C23H26N2S. The van der Waals surface area contributed by atoms with Crippen molar-refractivity contribution < 1.29 is 0 Å². The van der Waals surface area contributed by atoms with Crippen molar-refractivity contribution in [1.82, 2.24) is 9.80 Å². The van der Waals surface area contributed by atoms with E-state index in [-0.39, 0.29) is 0 Å². The second kappa shape index (κ2) is 8.26. The van der Waals surface area contributed by atoms with Crippen molar-refractivity contribution in [2.45, 2.75) is 18.0 Å². The molecule has 1 heterocycles. The van der Waals surface area contributed by atoms with Crippen LogP contribution in [0.25, 0.3) is 10.8 Å². The smallest absolute Gasteiger partial charge is 0.0240 e. The zero-order valence-corrected chi connectivity index (χ0v) is 16.2. The zero-order chi connectivity index (χ0) is 17.8. The average molecular weight is 363 g/mol. The zero-order valence-electron chi connectivity index (χ0n) is 15.4. The standard InChI is InChI=1S/C23H26N2S/c1-26-22-11-9-19(10-12-22)17-24-13-15-25(16-14-24)18-21-7-4-6-20-5-2-3-8-23(20)21/h2-12H,13-18H2,1H3. The van der Waals surface area contributed by atoms with Gasteiger partial charge in [-0.15, -0.1) is 11.8 Å². The maximum atomic E-state index is 2.59. The van der Waals surface area contributed by atoms with Gasteiger partial charge in [-0.05, 0) is 40.3 Å². The molecule has 0 bridgehead atoms. The van der Waals surface area contributed by atoms with Crippen LogP contribution in [0.4, 0.5) is 0 Å². The van der Waals surface area contributed by atoms with Gasteiger partial charge >= 0.3 is 0 Å². The first-order valence-electron chi connectivity index (χ1n) is 9.36. The van der Waals surface area contributed by atoms with Crippen molar-refractivity contribution in [3.05, 3.63) is 77.9 Å². The van der Waals surface area contributed by atoms with Crippen molar-refractivity contribution in [2.75, 3.05) is 32.4 Å². The van der Waals surface area contributed by atoms with E-state index < -0.39 is 0 Å². The third-order valence-corrected chi connectivity index (χ3v) is 6.05. The number of thioether (sulfide) groups is 1. The summed E-state index contributed by atoms with van der Waals surface area (Å²) in [4.78, 5) is 6.51. The molecule has 0 unspecified atom stereocenters. The minimum absolute atomic E-state index is 1.05. The lowest BCUT2D eigenvalue weighted by Crippen LogP contribution is -2.45. The Morgan fingerprint density at radius 1 is 0.731 bits per heavy atom. The van der Waals surface area contributed by atoms with Gasteiger partial charge in [0.1, 0.15) is 0 Å². The number of fused-ring (bicyclic) bond motifs is 1. The molecule has 134 valence electrons. The minimum atomic E-state index is 1.05. The normalized spacial score (nSPS) is 16.2. The predicted octanol–water partition coefficient (Wildman–Crippen LogP) is 4.88. The van der Waals surface area contributed by atoms with E-state index in [1.807, 2.05) is 0 Å². The number of rotatable bonds is 5. The van der Waals surface area contributed by atoms with Crippen LogP contribution >= 0.6 is 11.8 Å². The second-order valence-corrected chi connectivity index (χ2v) is 7.92. The van der Waals surface area contributed by atoms with E-state index in [1.54, 1.807) is 11.8 Å². The average Bonchev–Trinajstić information content (AvgIpc) is 2.70. The summed E-state index contributed by atoms with van der Waals surface area (Å²) in [6.07, 6.45) is 2.13. The van der Waals surface area contributed by atoms with E-state index in [1.165, 1.54) is 26.8 Å². The van der Waals surface area contributed by atoms with Gasteiger partial charge in [0.2, 0.25) is 0 Å². The second-order valence-electron chi connectivity index (χ2n) is 7.04. The molecule has 1 aliphatic heterocycles. The highest BCUT2D eigenvalue weighted by Crippen LogP contribution is 2.21. The highest BCUT2D eigenvalue weighted by Gasteiger charge is 2.17. The van der Waals surface area contributed by atoms with Gasteiger partial charge in [0, 0.05) is 44.2 Å². The Balaban J connectivity index is 1.34. The number of benzene rings is 3. The van der Waals surface area contributed by atoms with Gasteiger partial charge in [-0.25, -0.2) is 0 Å². The fourth-order valence-corrected chi connectivity index (χ4v) is 4.17. The molecule has 0 N–H and O–H groups in total. The molecule has 1 fully saturated rings. The van der Waals surface area contributed by atoms with Crippen LogP contribution in [0.1, 0.15) is 11.1 Å². The van der Waals surface area contributed by atoms with E-state index in [0.29, 0.717) is 0 Å². The molecule has 0 aliphatic carbocycles. The largest absolute Gasteiger partial charge is 0.297 e. The fourth-order valence-electron chi connectivity index (χ4n) is 3.77. The molecule has 0 saturated carbocycles. The first kappa shape index (κ1) is 17.6. The molecule has 0 amide bonds. The predicted molar refractivity (Wildman–Crippen MR) is 113 cm³/mol. The van der Waals surface area contributed by atoms with Crippen LogP contribution in [0.5, 0.6) is 0 Å². The first-order chi connectivity index (χ1) is 12.8. The van der Waals surface area contributed by atoms with Gasteiger partial charge < -0.3 is 0 Å². The molecule has 26 heavy (non-hydrogen) atoms. The van der Waals surface area contributed by atoms with Crippen LogP contribution in [0.15, 0.2) is 71.6 Å². The molecule has 3 heteroatoms. The van der Waals surface area contributed by atoms with E-state index in [4.69, 9.17) is 0 Å². The van der Waals surface area contributed by atoms with Crippen molar-refractivity contribution >= 4 is 22.5 Å². The minimum Gasteiger partial charge on any atom is -0.297 e. The van der Waals surface area contributed by atoms with E-state index in [0.717, 1.165) is 39.3 Å². The van der Waals surface area contributed by atoms with E-state index >= 15 is 0 Å². The van der Waals surface area contributed by atoms with Gasteiger partial charge in [0.15, 0.2) is 0 Å². The molecule has 1 aliphatic rings. The molecule has 0 aromatic heterocycles. The highest BCUT2D eigenvalue weighted by molar-refractivity contribution is 7.98. The summed E-state index contributed by atoms with van der Waals surface area (Å²) in [6.45, 7) is 6.71. The monoisotopic (exact) mass is 362 g/mol. The molecule has 4 rings (SSSR count). The summed E-state index contributed by atoms with van der Waals surface area (Å²) in [5.41, 5.74) is 2.87. The Labute approximate surface area is 160 Å². The summed E-state index contributed by atoms with van der Waals surface area (Å²) < 4.78 is 0. The van der Waals surface area contributed by atoms with Crippen LogP contribution in [-0.2, 0) is 13.1 Å². The third-order valence-electron chi connectivity index (χ3n) is 5.30. The summed E-state index contributed by atoms with van der Waals surface area (Å²) in [5.74, 6) is 0. The lowest BCUT2D eigenvalue weighted by atomic mass is 10.0. The summed E-state index contributed by atoms with van der Waals surface area (Å²) in [7, 11) is 0. The summed E-state index contributed by atoms with van der Waals surface area (Å²) >= 11 is 1.81. The Hall–Kier alpha value is -1.81. The van der Waals surface area contributed by atoms with E-state index in [9.17, 15) is 0 Å². The van der Waals surface area contributed by atoms with Gasteiger partial charge in [-0.2, -0.15) is 0 Å². The van der Waals surface area contributed by atoms with Crippen LogP contribution in [0.3, 0.4) is 0 Å². The van der Waals surface area contributed by atoms with Gasteiger partial charge in [-0.3, -0.25) is 9.80 Å². The topological polar surface area (TPSA) is 6.48 Å². The molecule has 0 spiro atoms. The van der Waals surface area contributed by atoms with Crippen LogP contribution in [0.2, 0.25) is 0 Å². The van der Waals surface area contributed by atoms with E-state index in [2.05, 4.69) is 82.8 Å². The maximum absolute atomic E-state index is 2.59. The lowest BCUT2D eigenvalue weighted by molar-refractivity contribution is 0.122. The van der Waals surface area contributed by atoms with Crippen molar-refractivity contribution in [2.24, 2.45) is 0 Å². The Morgan fingerprint density at radius 3 is 2.12 bits per heavy atom. The highest BCUT2D eigenvalue weighted by atomic mass is 32.2. The van der Waals surface area contributed by atoms with Gasteiger partial charge in [0.25, 0.3) is 0 Å². The summed E-state index contributed by atoms with van der Waals surface area (Å²) in [5, 5.41) is 2.74. The lowest BCUT2D eigenvalue weighted by Gasteiger charge is -2.35. The molecule has 2 nitrogen and oxygen atoms in total. The van der Waals surface area contributed by atoms with Gasteiger partial charge in [-0.1, -0.05) is 54.6 Å². The number of hydrogen-bond acceptors (Lipinski definition) is 3. The molecule has 1 saturated heterocycles. The fraction of sp³-hybridized carbons (Fsp3) is 0.304. The Kier molecular flexibility index (Phi) is 5.59. The van der Waals surface area contributed by atoms with Gasteiger partial charge in [0.05, 0.1) is 0 Å². The Morgan fingerprint density at radius 2 is 1.38 bits per heavy atom. The van der Waals surface area contributed by atoms with Crippen molar-refractivity contribution in [1.29, 1.82) is 0 Å². The molecular weight excluding hydrogens is 336 g/mol. The quantitative estimate of drug-likeness (QED) is 0.597. The maximum Gasteiger partial charge on any atom is 0.0240 e. The number of piperazine rings is 1. The molecule has 0 atom stereocenters. The van der Waals surface area contributed by atoms with Crippen molar-refractivity contribution in [3.8, 4) is 0 Å². The van der Waals surface area contributed by atoms with Crippen LogP contribution in [0, 0.1) is 0 Å². The van der Waals surface area contributed by atoms with Crippen molar-refractivity contribution in [3.63, 3.8) is 0 Å². The molecule has 3 aromatic carbocycles. The number of hydrogen-bond donors (Lipinski definition) is 0. The number of nitrogens with zero attached hydrogens (tertiary/aromatic N) is 2. The van der Waals surface area contributed by atoms with Crippen LogP contribution < -0.4 is 0 Å².